The van der Waals surface area contributed by atoms with E-state index in [1.807, 2.05) is 0 Å². The number of halogens is 4. The quantitative estimate of drug-likeness (QED) is 0.664. The summed E-state index contributed by atoms with van der Waals surface area (Å²) in [7, 11) is 0. The van der Waals surface area contributed by atoms with Crippen LogP contribution in [0.2, 0.25) is 0 Å². The fourth-order valence-electron chi connectivity index (χ4n) is 3.37. The molecule has 1 saturated heterocycles. The van der Waals surface area contributed by atoms with Gasteiger partial charge >= 0.3 is 6.18 Å². The van der Waals surface area contributed by atoms with Crippen molar-refractivity contribution >= 4 is 11.5 Å². The fraction of sp³-hybridized carbons (Fsp3) is 0.368. The van der Waals surface area contributed by atoms with E-state index in [4.69, 9.17) is 4.74 Å². The normalized spacial score (nSPS) is 17.4. The molecule has 4 rings (SSSR count). The largest absolute Gasteiger partial charge is 0.435 e. The van der Waals surface area contributed by atoms with Crippen LogP contribution < -0.4 is 5.32 Å². The van der Waals surface area contributed by atoms with Gasteiger partial charge in [-0.1, -0.05) is 12.1 Å². The van der Waals surface area contributed by atoms with Crippen molar-refractivity contribution in [1.82, 2.24) is 14.6 Å². The molecule has 5 nitrogen and oxygen atoms in total. The Morgan fingerprint density at radius 1 is 1.25 bits per heavy atom. The van der Waals surface area contributed by atoms with Crippen molar-refractivity contribution in [2.24, 2.45) is 0 Å². The van der Waals surface area contributed by atoms with E-state index in [0.717, 1.165) is 29.5 Å². The average Bonchev–Trinajstić information content (AvgIpc) is 3.27. The van der Waals surface area contributed by atoms with Gasteiger partial charge in [-0.05, 0) is 37.5 Å². The zero-order valence-electron chi connectivity index (χ0n) is 15.1. The Morgan fingerprint density at radius 2 is 2.00 bits per heavy atom. The predicted molar refractivity (Wildman–Crippen MR) is 95.6 cm³/mol. The third-order valence-corrected chi connectivity index (χ3v) is 4.65. The number of benzene rings is 1. The molecule has 3 aromatic rings. The molecule has 1 aromatic carbocycles. The van der Waals surface area contributed by atoms with E-state index in [9.17, 15) is 17.6 Å². The Hall–Kier alpha value is -2.68. The smallest absolute Gasteiger partial charge is 0.376 e. The van der Waals surface area contributed by atoms with Gasteiger partial charge in [-0.3, -0.25) is 0 Å². The first kappa shape index (κ1) is 18.7. The summed E-state index contributed by atoms with van der Waals surface area (Å²) in [6, 6.07) is 6.47. The summed E-state index contributed by atoms with van der Waals surface area (Å²) < 4.78 is 61.1. The second-order valence-electron chi connectivity index (χ2n) is 6.76. The van der Waals surface area contributed by atoms with Gasteiger partial charge < -0.3 is 10.1 Å². The van der Waals surface area contributed by atoms with Crippen LogP contribution in [0.5, 0.6) is 0 Å². The lowest BCUT2D eigenvalue weighted by molar-refractivity contribution is -0.140. The van der Waals surface area contributed by atoms with E-state index in [0.29, 0.717) is 24.7 Å². The molecule has 1 aliphatic heterocycles. The van der Waals surface area contributed by atoms with Crippen LogP contribution in [0.25, 0.3) is 16.8 Å². The molecule has 3 heterocycles. The molecule has 1 atom stereocenters. The number of ether oxygens (including phenoxy) is 1. The van der Waals surface area contributed by atoms with Crippen LogP contribution >= 0.6 is 0 Å². The molecule has 148 valence electrons. The van der Waals surface area contributed by atoms with Crippen molar-refractivity contribution in [2.45, 2.75) is 32.0 Å². The van der Waals surface area contributed by atoms with Crippen LogP contribution in [0.15, 0.2) is 30.3 Å². The first-order valence-electron chi connectivity index (χ1n) is 8.92. The summed E-state index contributed by atoms with van der Waals surface area (Å²) >= 11 is 0. The fourth-order valence-corrected chi connectivity index (χ4v) is 3.37. The first-order chi connectivity index (χ1) is 13.3. The highest BCUT2D eigenvalue weighted by Crippen LogP contribution is 2.39. The number of aromatic nitrogens is 3. The van der Waals surface area contributed by atoms with Gasteiger partial charge in [-0.15, -0.1) is 0 Å². The average molecular weight is 394 g/mol. The van der Waals surface area contributed by atoms with Crippen molar-refractivity contribution in [1.29, 1.82) is 0 Å². The highest BCUT2D eigenvalue weighted by Gasteiger charge is 2.39. The highest BCUT2D eigenvalue weighted by atomic mass is 19.4. The number of anilines is 1. The third-order valence-electron chi connectivity index (χ3n) is 4.65. The summed E-state index contributed by atoms with van der Waals surface area (Å²) in [5, 5.41) is 6.93. The third kappa shape index (κ3) is 3.54. The Morgan fingerprint density at radius 3 is 2.64 bits per heavy atom. The molecule has 0 unspecified atom stereocenters. The lowest BCUT2D eigenvalue weighted by Crippen LogP contribution is -2.20. The molecule has 2 aromatic heterocycles. The number of nitrogens with one attached hydrogen (secondary N) is 1. The SMILES string of the molecule is Cc1cc(NC[C@H]2CCCO2)n2nc(C(F)(F)F)c(-c3ccc(F)cc3)c2n1. The molecule has 0 spiro atoms. The zero-order valence-corrected chi connectivity index (χ0v) is 15.1. The standard InChI is InChI=1S/C19H18F4N4O/c1-11-9-15(24-10-14-3-2-8-28-14)27-18(25-11)16(17(26-27)19(21,22)23)12-4-6-13(20)7-5-12/h4-7,9,14,24H,2-3,8,10H2,1H3/t14-/m1/s1. The lowest BCUT2D eigenvalue weighted by atomic mass is 10.1. The van der Waals surface area contributed by atoms with Gasteiger partial charge in [-0.25, -0.2) is 9.37 Å². The van der Waals surface area contributed by atoms with Gasteiger partial charge in [0.15, 0.2) is 11.3 Å². The van der Waals surface area contributed by atoms with Crippen LogP contribution in [0.3, 0.4) is 0 Å². The summed E-state index contributed by atoms with van der Waals surface area (Å²) in [5.74, 6) is -0.131. The number of hydrogen-bond acceptors (Lipinski definition) is 4. The zero-order chi connectivity index (χ0) is 19.9. The minimum atomic E-state index is -4.68. The van der Waals surface area contributed by atoms with Gasteiger partial charge in [0.05, 0.1) is 11.7 Å². The van der Waals surface area contributed by atoms with Crippen molar-refractivity contribution in [2.75, 3.05) is 18.5 Å². The molecule has 0 saturated carbocycles. The molecular formula is C19H18F4N4O. The number of fused-ring (bicyclic) bond motifs is 1. The van der Waals surface area contributed by atoms with Gasteiger partial charge in [0.2, 0.25) is 0 Å². The number of alkyl halides is 3. The topological polar surface area (TPSA) is 51.5 Å². The number of hydrogen-bond donors (Lipinski definition) is 1. The molecule has 0 bridgehead atoms. The second kappa shape index (κ2) is 7.05. The van der Waals surface area contributed by atoms with Crippen molar-refractivity contribution < 1.29 is 22.3 Å². The molecule has 1 aliphatic rings. The Labute approximate surface area is 158 Å². The Bertz CT molecular complexity index is 992. The van der Waals surface area contributed by atoms with E-state index in [2.05, 4.69) is 15.4 Å². The molecular weight excluding hydrogens is 376 g/mol. The van der Waals surface area contributed by atoms with Crippen LogP contribution in [-0.2, 0) is 10.9 Å². The molecule has 0 amide bonds. The minimum Gasteiger partial charge on any atom is -0.376 e. The summed E-state index contributed by atoms with van der Waals surface area (Å²) in [4.78, 5) is 4.28. The Balaban J connectivity index is 1.85. The molecule has 28 heavy (non-hydrogen) atoms. The molecule has 0 aliphatic carbocycles. The summed E-state index contributed by atoms with van der Waals surface area (Å²) in [6.07, 6.45) is -2.81. The number of aryl methyl sites for hydroxylation is 1. The van der Waals surface area contributed by atoms with Gasteiger partial charge in [-0.2, -0.15) is 22.8 Å². The Kier molecular flexibility index (Phi) is 4.70. The van der Waals surface area contributed by atoms with E-state index in [1.165, 1.54) is 12.1 Å². The van der Waals surface area contributed by atoms with Crippen LogP contribution in [0.1, 0.15) is 24.2 Å². The van der Waals surface area contributed by atoms with Gasteiger partial charge in [0, 0.05) is 24.9 Å². The van der Waals surface area contributed by atoms with Gasteiger partial charge in [0.25, 0.3) is 0 Å². The highest BCUT2D eigenvalue weighted by molar-refractivity contribution is 5.81. The maximum absolute atomic E-state index is 13.7. The first-order valence-corrected chi connectivity index (χ1v) is 8.92. The van der Waals surface area contributed by atoms with Gasteiger partial charge in [0.1, 0.15) is 11.6 Å². The maximum atomic E-state index is 13.7. The van der Waals surface area contributed by atoms with E-state index in [-0.39, 0.29) is 22.9 Å². The van der Waals surface area contributed by atoms with E-state index >= 15 is 0 Å². The summed E-state index contributed by atoms with van der Waals surface area (Å²) in [6.45, 7) is 2.85. The minimum absolute atomic E-state index is 0.0118. The van der Waals surface area contributed by atoms with Crippen molar-refractivity contribution in [3.05, 3.63) is 47.5 Å². The molecule has 0 radical (unpaired) electrons. The summed E-state index contributed by atoms with van der Waals surface area (Å²) in [5.41, 5.74) is -0.422. The van der Waals surface area contributed by atoms with E-state index < -0.39 is 17.7 Å². The number of nitrogens with zero attached hydrogens (tertiary/aromatic N) is 3. The monoisotopic (exact) mass is 394 g/mol. The van der Waals surface area contributed by atoms with Crippen LogP contribution in [0, 0.1) is 12.7 Å². The second-order valence-corrected chi connectivity index (χ2v) is 6.76. The predicted octanol–water partition coefficient (Wildman–Crippen LogP) is 4.45. The van der Waals surface area contributed by atoms with Crippen molar-refractivity contribution in [3.63, 3.8) is 0 Å². The van der Waals surface area contributed by atoms with E-state index in [1.54, 1.807) is 13.0 Å². The molecule has 9 heteroatoms. The molecule has 1 fully saturated rings. The number of rotatable bonds is 4. The maximum Gasteiger partial charge on any atom is 0.435 e. The lowest BCUT2D eigenvalue weighted by Gasteiger charge is -2.13. The van der Waals surface area contributed by atoms with Crippen LogP contribution in [-0.4, -0.2) is 33.9 Å². The van der Waals surface area contributed by atoms with Crippen molar-refractivity contribution in [3.8, 4) is 11.1 Å². The molecule has 1 N–H and O–H groups in total. The van der Waals surface area contributed by atoms with Crippen LogP contribution in [0.4, 0.5) is 23.4 Å².